The van der Waals surface area contributed by atoms with Gasteiger partial charge in [-0.2, -0.15) is 8.42 Å². The summed E-state index contributed by atoms with van der Waals surface area (Å²) in [6, 6.07) is 0. The van der Waals surface area contributed by atoms with Gasteiger partial charge >= 0.3 is 0 Å². The maximum Gasteiger partial charge on any atom is 0.273 e. The van der Waals surface area contributed by atoms with Crippen LogP contribution >= 0.6 is 0 Å². The largest absolute Gasteiger partial charge is 0.549 e. The molecule has 26 heavy (non-hydrogen) atoms. The fraction of sp³-hybridized carbons (Fsp3) is 0.833. The molecule has 6 N–H and O–H groups in total. The van der Waals surface area contributed by atoms with E-state index in [1.807, 2.05) is 12.2 Å². The summed E-state index contributed by atoms with van der Waals surface area (Å²) in [5.41, 5.74) is 0. The number of aliphatic hydroxyl groups excluding tert-OH is 1. The lowest BCUT2D eigenvalue weighted by atomic mass is 10.1. The van der Waals surface area contributed by atoms with Crippen LogP contribution in [0, 0.1) is 0 Å². The van der Waals surface area contributed by atoms with E-state index in [4.69, 9.17) is 4.55 Å². The van der Waals surface area contributed by atoms with Crippen molar-refractivity contribution in [2.24, 2.45) is 0 Å². The van der Waals surface area contributed by atoms with Gasteiger partial charge in [0.2, 0.25) is 0 Å². The second-order valence-corrected chi connectivity index (χ2v) is 8.12. The van der Waals surface area contributed by atoms with Crippen molar-refractivity contribution in [3.63, 3.8) is 0 Å². The van der Waals surface area contributed by atoms with Gasteiger partial charge in [0.25, 0.3) is 10.1 Å². The summed E-state index contributed by atoms with van der Waals surface area (Å²) >= 11 is 0. The van der Waals surface area contributed by atoms with Gasteiger partial charge in [0, 0.05) is 0 Å². The lowest BCUT2D eigenvalue weighted by molar-refractivity contribution is -0.305. The highest BCUT2D eigenvalue weighted by Crippen LogP contribution is 2.13. The topological polar surface area (TPSA) is 151 Å². The monoisotopic (exact) mass is 395 g/mol. The Morgan fingerprint density at radius 2 is 1.58 bits per heavy atom. The Morgan fingerprint density at radius 3 is 2.15 bits per heavy atom. The molecule has 0 aliphatic rings. The third-order valence-corrected chi connectivity index (χ3v) is 5.32. The Kier molecular flexibility index (Phi) is 17.0. The number of carboxylic acids is 1. The van der Waals surface area contributed by atoms with Gasteiger partial charge in [0.05, 0.1) is 12.1 Å². The molecule has 0 amide bonds. The molecule has 0 radical (unpaired) electrons. The van der Waals surface area contributed by atoms with E-state index in [-0.39, 0.29) is 18.7 Å². The van der Waals surface area contributed by atoms with Gasteiger partial charge in [0.15, 0.2) is 0 Å². The lowest BCUT2D eigenvalue weighted by Gasteiger charge is -2.14. The van der Waals surface area contributed by atoms with Crippen molar-refractivity contribution in [3.05, 3.63) is 12.2 Å². The van der Waals surface area contributed by atoms with Gasteiger partial charge in [-0.15, -0.1) is 0 Å². The highest BCUT2D eigenvalue weighted by Gasteiger charge is 2.23. The SMILES string of the molecule is CCCCCC[C@@H](O)C/C=C\CCCCCCC(C(=O)[O-])S(=O)(=O)O.[NH4+]. The van der Waals surface area contributed by atoms with Crippen LogP contribution in [-0.4, -0.2) is 35.4 Å². The van der Waals surface area contributed by atoms with Crippen molar-refractivity contribution >= 4 is 16.1 Å². The van der Waals surface area contributed by atoms with Crippen LogP contribution < -0.4 is 11.3 Å². The van der Waals surface area contributed by atoms with Gasteiger partial charge in [-0.25, -0.2) is 0 Å². The average molecular weight is 396 g/mol. The molecule has 8 heteroatoms. The van der Waals surface area contributed by atoms with Gasteiger partial charge in [-0.1, -0.05) is 64.0 Å². The van der Waals surface area contributed by atoms with Gasteiger partial charge in [-0.05, 0) is 32.1 Å². The molecule has 0 bridgehead atoms. The van der Waals surface area contributed by atoms with Crippen molar-refractivity contribution in [1.82, 2.24) is 6.15 Å². The van der Waals surface area contributed by atoms with Crippen molar-refractivity contribution < 1.29 is 28.0 Å². The molecule has 156 valence electrons. The summed E-state index contributed by atoms with van der Waals surface area (Å²) in [4.78, 5) is 10.7. The summed E-state index contributed by atoms with van der Waals surface area (Å²) in [7, 11) is -4.58. The first-order valence-electron chi connectivity index (χ1n) is 9.29. The first-order valence-corrected chi connectivity index (χ1v) is 10.8. The van der Waals surface area contributed by atoms with Crippen molar-refractivity contribution in [2.45, 2.75) is 95.3 Å². The first kappa shape index (κ1) is 27.3. The normalized spacial score (nSPS) is 14.1. The van der Waals surface area contributed by atoms with Crippen LogP contribution in [0.15, 0.2) is 12.2 Å². The molecule has 0 aliphatic carbocycles. The van der Waals surface area contributed by atoms with Crippen LogP contribution in [0.1, 0.15) is 84.0 Å². The molecule has 1 unspecified atom stereocenters. The third kappa shape index (κ3) is 15.3. The number of rotatable bonds is 16. The van der Waals surface area contributed by atoms with Crippen LogP contribution in [0.5, 0.6) is 0 Å². The van der Waals surface area contributed by atoms with Gasteiger partial charge in [-0.3, -0.25) is 4.55 Å². The minimum Gasteiger partial charge on any atom is -0.549 e. The van der Waals surface area contributed by atoms with E-state index >= 15 is 0 Å². The molecule has 0 aromatic rings. The number of carbonyl (C=O) groups is 1. The minimum atomic E-state index is -4.58. The number of aliphatic hydroxyl groups is 1. The first-order chi connectivity index (χ1) is 11.8. The molecule has 0 fully saturated rings. The number of hydrogen-bond acceptors (Lipinski definition) is 5. The maximum absolute atomic E-state index is 10.9. The number of carboxylic acid groups (broad SMARTS) is 1. The van der Waals surface area contributed by atoms with E-state index in [1.165, 1.54) is 19.3 Å². The highest BCUT2D eigenvalue weighted by molar-refractivity contribution is 7.87. The Balaban J connectivity index is 0. The fourth-order valence-corrected chi connectivity index (χ4v) is 3.34. The Bertz CT molecular complexity index is 478. The zero-order valence-corrected chi connectivity index (χ0v) is 17.0. The number of quaternary nitrogens is 1. The molecule has 0 aromatic carbocycles. The summed E-state index contributed by atoms with van der Waals surface area (Å²) in [6.45, 7) is 2.16. The zero-order valence-electron chi connectivity index (χ0n) is 16.2. The molecule has 7 nitrogen and oxygen atoms in total. The predicted molar refractivity (Wildman–Crippen MR) is 103 cm³/mol. The van der Waals surface area contributed by atoms with Crippen LogP contribution in [-0.2, 0) is 14.9 Å². The molecular weight excluding hydrogens is 358 g/mol. The lowest BCUT2D eigenvalue weighted by Crippen LogP contribution is -2.40. The van der Waals surface area contributed by atoms with E-state index in [2.05, 4.69) is 6.92 Å². The van der Waals surface area contributed by atoms with Crippen LogP contribution in [0.4, 0.5) is 0 Å². The van der Waals surface area contributed by atoms with Crippen molar-refractivity contribution in [1.29, 1.82) is 0 Å². The Labute approximate surface area is 158 Å². The van der Waals surface area contributed by atoms with Crippen LogP contribution in [0.3, 0.4) is 0 Å². The zero-order chi connectivity index (χ0) is 19.1. The van der Waals surface area contributed by atoms with Crippen LogP contribution in [0.25, 0.3) is 0 Å². The average Bonchev–Trinajstić information content (AvgIpc) is 2.51. The number of unbranched alkanes of at least 4 members (excludes halogenated alkanes) is 7. The van der Waals surface area contributed by atoms with Gasteiger partial charge in [0.1, 0.15) is 5.25 Å². The van der Waals surface area contributed by atoms with E-state index in [0.29, 0.717) is 19.3 Å². The second-order valence-electron chi connectivity index (χ2n) is 6.52. The van der Waals surface area contributed by atoms with Crippen molar-refractivity contribution in [3.8, 4) is 0 Å². The summed E-state index contributed by atoms with van der Waals surface area (Å²) in [5.74, 6) is -1.75. The molecule has 0 heterocycles. The predicted octanol–water partition coefficient (Wildman–Crippen LogP) is 2.99. The van der Waals surface area contributed by atoms with Gasteiger partial charge < -0.3 is 21.2 Å². The molecule has 0 aromatic heterocycles. The number of hydrogen-bond donors (Lipinski definition) is 3. The van der Waals surface area contributed by atoms with E-state index in [9.17, 15) is 23.4 Å². The second kappa shape index (κ2) is 16.2. The number of allylic oxidation sites excluding steroid dienone is 1. The molecule has 2 atom stereocenters. The summed E-state index contributed by atoms with van der Waals surface area (Å²) < 4.78 is 30.5. The standard InChI is InChI=1S/C18H34O6S.H3N/c1-2-3-4-10-13-16(19)14-11-8-6-5-7-9-12-15-17(18(20)21)25(22,23)24;/h8,11,16-17,19H,2-7,9-10,12-15H2,1H3,(H,20,21)(H,22,23,24);1H3/b11-8-;/t16-,17?;/m1./s1. The minimum absolute atomic E-state index is 0. The third-order valence-electron chi connectivity index (χ3n) is 4.18. The maximum atomic E-state index is 10.9. The summed E-state index contributed by atoms with van der Waals surface area (Å²) in [5, 5.41) is 18.6. The molecule has 0 rings (SSSR count). The quantitative estimate of drug-likeness (QED) is 0.207. The van der Waals surface area contributed by atoms with Crippen molar-refractivity contribution in [2.75, 3.05) is 0 Å². The van der Waals surface area contributed by atoms with E-state index < -0.39 is 21.3 Å². The molecule has 0 spiro atoms. The summed E-state index contributed by atoms with van der Waals surface area (Å²) in [6.07, 6.45) is 13.6. The molecular formula is C18H37NO6S. The molecule has 0 saturated carbocycles. The van der Waals surface area contributed by atoms with E-state index in [1.54, 1.807) is 0 Å². The smallest absolute Gasteiger partial charge is 0.273 e. The van der Waals surface area contributed by atoms with E-state index in [0.717, 1.165) is 32.1 Å². The Hall–Kier alpha value is -0.960. The highest BCUT2D eigenvalue weighted by atomic mass is 32.2. The fourth-order valence-electron chi connectivity index (χ4n) is 2.63. The van der Waals surface area contributed by atoms with Crippen LogP contribution in [0.2, 0.25) is 0 Å². The Morgan fingerprint density at radius 1 is 1.00 bits per heavy atom. The molecule has 0 aliphatic heterocycles. The molecule has 0 saturated heterocycles. The number of carbonyl (C=O) groups excluding carboxylic acids is 1. The number of aliphatic carboxylic acids is 1.